The first-order chi connectivity index (χ1) is 9.12. The molecule has 7 heteroatoms. The Morgan fingerprint density at radius 3 is 2.42 bits per heavy atom. The Labute approximate surface area is 113 Å². The number of ether oxygens (including phenoxy) is 1. The first-order valence-corrected chi connectivity index (χ1v) is 7.61. The number of aliphatic hydroxyl groups excluding tert-OH is 1. The van der Waals surface area contributed by atoms with Gasteiger partial charge in [0.15, 0.2) is 0 Å². The number of anilines is 1. The molecule has 6 nitrogen and oxygen atoms in total. The van der Waals surface area contributed by atoms with Crippen LogP contribution in [0, 0.1) is 0 Å². The number of benzene rings is 1. The van der Waals surface area contributed by atoms with Crippen molar-refractivity contribution in [1.82, 2.24) is 4.31 Å². The van der Waals surface area contributed by atoms with Crippen molar-refractivity contribution in [1.29, 1.82) is 0 Å². The zero-order valence-electron chi connectivity index (χ0n) is 10.6. The summed E-state index contributed by atoms with van der Waals surface area (Å²) in [6.07, 6.45) is 0.566. The summed E-state index contributed by atoms with van der Waals surface area (Å²) in [5, 5.41) is 8.82. The summed E-state index contributed by atoms with van der Waals surface area (Å²) in [5.41, 5.74) is 1.49. The van der Waals surface area contributed by atoms with E-state index in [0.29, 0.717) is 38.4 Å². The molecule has 0 atom stereocenters. The number of nitrogens with zero attached hydrogens (tertiary/aromatic N) is 1. The Kier molecular flexibility index (Phi) is 4.76. The lowest BCUT2D eigenvalue weighted by atomic mass is 10.1. The minimum atomic E-state index is -3.51. The van der Waals surface area contributed by atoms with Gasteiger partial charge in [-0.2, -0.15) is 12.7 Å². The topological polar surface area (TPSA) is 78.9 Å². The van der Waals surface area contributed by atoms with E-state index in [-0.39, 0.29) is 6.61 Å². The Balaban J connectivity index is 2.02. The molecule has 0 aromatic heterocycles. The van der Waals surface area contributed by atoms with Crippen LogP contribution in [-0.2, 0) is 21.4 Å². The largest absolute Gasteiger partial charge is 0.396 e. The third-order valence-corrected chi connectivity index (χ3v) is 4.45. The molecular weight excluding hydrogens is 268 g/mol. The molecule has 1 fully saturated rings. The van der Waals surface area contributed by atoms with E-state index in [1.54, 1.807) is 24.3 Å². The zero-order valence-corrected chi connectivity index (χ0v) is 11.4. The van der Waals surface area contributed by atoms with Gasteiger partial charge in [0, 0.05) is 25.4 Å². The fraction of sp³-hybridized carbons (Fsp3) is 0.500. The molecule has 0 amide bonds. The van der Waals surface area contributed by atoms with Crippen LogP contribution in [0.1, 0.15) is 5.56 Å². The first-order valence-electron chi connectivity index (χ1n) is 6.17. The standard InChI is InChI=1S/C12H18N2O4S/c15-8-5-11-1-3-12(4-2-11)13-19(16,17)14-6-9-18-10-7-14/h1-4,13,15H,5-10H2. The summed E-state index contributed by atoms with van der Waals surface area (Å²) in [4.78, 5) is 0. The fourth-order valence-electron chi connectivity index (χ4n) is 1.87. The van der Waals surface area contributed by atoms with Crippen molar-refractivity contribution in [3.8, 4) is 0 Å². The molecule has 1 aromatic rings. The molecule has 1 saturated heterocycles. The van der Waals surface area contributed by atoms with E-state index < -0.39 is 10.2 Å². The van der Waals surface area contributed by atoms with Gasteiger partial charge >= 0.3 is 10.2 Å². The smallest absolute Gasteiger partial charge is 0.301 e. The molecular formula is C12H18N2O4S. The zero-order chi connectivity index (χ0) is 13.7. The number of morpholine rings is 1. The highest BCUT2D eigenvalue weighted by atomic mass is 32.2. The van der Waals surface area contributed by atoms with Gasteiger partial charge in [-0.05, 0) is 24.1 Å². The molecule has 1 aromatic carbocycles. The van der Waals surface area contributed by atoms with E-state index in [4.69, 9.17) is 9.84 Å². The maximum atomic E-state index is 12.1. The Morgan fingerprint density at radius 2 is 1.84 bits per heavy atom. The van der Waals surface area contributed by atoms with Crippen LogP contribution in [0.2, 0.25) is 0 Å². The van der Waals surface area contributed by atoms with Gasteiger partial charge in [-0.3, -0.25) is 4.72 Å². The molecule has 1 aliphatic heterocycles. The molecule has 106 valence electrons. The summed E-state index contributed by atoms with van der Waals surface area (Å²) in [6, 6.07) is 6.99. The highest BCUT2D eigenvalue weighted by molar-refractivity contribution is 7.90. The van der Waals surface area contributed by atoms with E-state index in [1.165, 1.54) is 4.31 Å². The van der Waals surface area contributed by atoms with Crippen molar-refractivity contribution in [2.75, 3.05) is 37.6 Å². The van der Waals surface area contributed by atoms with Crippen molar-refractivity contribution in [2.45, 2.75) is 6.42 Å². The molecule has 0 saturated carbocycles. The number of rotatable bonds is 5. The van der Waals surface area contributed by atoms with Gasteiger partial charge in [-0.25, -0.2) is 0 Å². The second-order valence-electron chi connectivity index (χ2n) is 4.29. The van der Waals surface area contributed by atoms with Gasteiger partial charge in [0.1, 0.15) is 0 Å². The van der Waals surface area contributed by atoms with Crippen molar-refractivity contribution < 1.29 is 18.3 Å². The van der Waals surface area contributed by atoms with E-state index in [1.807, 2.05) is 0 Å². The fourth-order valence-corrected chi connectivity index (χ4v) is 3.06. The molecule has 1 aliphatic rings. The summed E-state index contributed by atoms with van der Waals surface area (Å²) in [6.45, 7) is 1.68. The summed E-state index contributed by atoms with van der Waals surface area (Å²) in [5.74, 6) is 0. The van der Waals surface area contributed by atoms with Gasteiger partial charge in [0.2, 0.25) is 0 Å². The maximum absolute atomic E-state index is 12.1. The van der Waals surface area contributed by atoms with Crippen molar-refractivity contribution in [3.63, 3.8) is 0 Å². The monoisotopic (exact) mass is 286 g/mol. The molecule has 0 spiro atoms. The lowest BCUT2D eigenvalue weighted by Crippen LogP contribution is -2.43. The van der Waals surface area contributed by atoms with Gasteiger partial charge in [-0.1, -0.05) is 12.1 Å². The molecule has 19 heavy (non-hydrogen) atoms. The van der Waals surface area contributed by atoms with E-state index in [0.717, 1.165) is 5.56 Å². The van der Waals surface area contributed by atoms with E-state index in [9.17, 15) is 8.42 Å². The predicted octanol–water partition coefficient (Wildman–Crippen LogP) is 0.210. The van der Waals surface area contributed by atoms with Crippen LogP contribution in [-0.4, -0.2) is 50.7 Å². The number of hydrogen-bond acceptors (Lipinski definition) is 4. The van der Waals surface area contributed by atoms with Crippen LogP contribution in [0.5, 0.6) is 0 Å². The Morgan fingerprint density at radius 1 is 1.21 bits per heavy atom. The molecule has 0 unspecified atom stereocenters. The number of nitrogens with one attached hydrogen (secondary N) is 1. The lowest BCUT2D eigenvalue weighted by Gasteiger charge is -2.26. The second-order valence-corrected chi connectivity index (χ2v) is 5.96. The van der Waals surface area contributed by atoms with Crippen LogP contribution < -0.4 is 4.72 Å². The van der Waals surface area contributed by atoms with Crippen LogP contribution >= 0.6 is 0 Å². The van der Waals surface area contributed by atoms with E-state index >= 15 is 0 Å². The van der Waals surface area contributed by atoms with Crippen LogP contribution in [0.25, 0.3) is 0 Å². The summed E-state index contributed by atoms with van der Waals surface area (Å²) >= 11 is 0. The van der Waals surface area contributed by atoms with E-state index in [2.05, 4.69) is 4.72 Å². The van der Waals surface area contributed by atoms with Gasteiger partial charge in [-0.15, -0.1) is 0 Å². The number of hydrogen-bond donors (Lipinski definition) is 2. The molecule has 0 aliphatic carbocycles. The molecule has 2 N–H and O–H groups in total. The Hall–Kier alpha value is -1.15. The third-order valence-electron chi connectivity index (χ3n) is 2.91. The molecule has 1 heterocycles. The third kappa shape index (κ3) is 3.90. The molecule has 0 bridgehead atoms. The number of aliphatic hydroxyl groups is 1. The van der Waals surface area contributed by atoms with Crippen molar-refractivity contribution >= 4 is 15.9 Å². The predicted molar refractivity (Wildman–Crippen MR) is 72.2 cm³/mol. The minimum Gasteiger partial charge on any atom is -0.396 e. The maximum Gasteiger partial charge on any atom is 0.301 e. The lowest BCUT2D eigenvalue weighted by molar-refractivity contribution is 0.0733. The molecule has 2 rings (SSSR count). The summed E-state index contributed by atoms with van der Waals surface area (Å²) in [7, 11) is -3.51. The van der Waals surface area contributed by atoms with Gasteiger partial charge in [0.05, 0.1) is 13.2 Å². The SMILES string of the molecule is O=S(=O)(Nc1ccc(CCO)cc1)N1CCOCC1. The highest BCUT2D eigenvalue weighted by Gasteiger charge is 2.23. The molecule has 0 radical (unpaired) electrons. The van der Waals surface area contributed by atoms with Crippen LogP contribution in [0.15, 0.2) is 24.3 Å². The van der Waals surface area contributed by atoms with Crippen molar-refractivity contribution in [3.05, 3.63) is 29.8 Å². The first kappa shape index (κ1) is 14.3. The minimum absolute atomic E-state index is 0.0822. The van der Waals surface area contributed by atoms with Crippen LogP contribution in [0.4, 0.5) is 5.69 Å². The van der Waals surface area contributed by atoms with Crippen LogP contribution in [0.3, 0.4) is 0 Å². The summed E-state index contributed by atoms with van der Waals surface area (Å²) < 4.78 is 33.2. The van der Waals surface area contributed by atoms with Gasteiger partial charge in [0.25, 0.3) is 0 Å². The van der Waals surface area contributed by atoms with Crippen molar-refractivity contribution in [2.24, 2.45) is 0 Å². The van der Waals surface area contributed by atoms with Gasteiger partial charge < -0.3 is 9.84 Å². The average Bonchev–Trinajstić information content (AvgIpc) is 2.42. The Bertz CT molecular complexity index is 495. The highest BCUT2D eigenvalue weighted by Crippen LogP contribution is 2.14. The quantitative estimate of drug-likeness (QED) is 0.811. The average molecular weight is 286 g/mol. The normalized spacial score (nSPS) is 17.3. The second kappa shape index (κ2) is 6.33.